The number of hydrogen-bond acceptors (Lipinski definition) is 4. The lowest BCUT2D eigenvalue weighted by Gasteiger charge is -2.14. The molecule has 0 aliphatic carbocycles. The zero-order chi connectivity index (χ0) is 17.1. The predicted octanol–water partition coefficient (Wildman–Crippen LogP) is 2.71. The number of aromatic nitrogens is 1. The minimum Gasteiger partial charge on any atom is -0.322 e. The Balaban J connectivity index is 1.73. The van der Waals surface area contributed by atoms with Crippen LogP contribution in [-0.2, 0) is 16.1 Å². The number of carbonyl (C=O) groups is 2. The number of hydrazone groups is 1. The van der Waals surface area contributed by atoms with Gasteiger partial charge < -0.3 is 5.32 Å². The van der Waals surface area contributed by atoms with E-state index in [0.717, 1.165) is 5.56 Å². The molecule has 122 valence electrons. The number of anilines is 1. The molecule has 7 heteroatoms. The molecule has 2 amide bonds. The smallest absolute Gasteiger partial charge is 0.261 e. The van der Waals surface area contributed by atoms with E-state index in [1.165, 1.54) is 11.2 Å². The lowest BCUT2D eigenvalue weighted by molar-refractivity contribution is -0.136. The van der Waals surface area contributed by atoms with Crippen molar-refractivity contribution in [2.75, 3.05) is 5.32 Å². The fourth-order valence-electron chi connectivity index (χ4n) is 2.48. The largest absolute Gasteiger partial charge is 0.322 e. The Hall–Kier alpha value is -2.73. The summed E-state index contributed by atoms with van der Waals surface area (Å²) in [5, 5.41) is 8.35. The first kappa shape index (κ1) is 16.1. The third-order valence-corrected chi connectivity index (χ3v) is 3.95. The lowest BCUT2D eigenvalue weighted by Crippen LogP contribution is -2.36. The first-order valence-electron chi connectivity index (χ1n) is 7.38. The minimum atomic E-state index is -0.954. The Morgan fingerprint density at radius 2 is 2.00 bits per heavy atom. The van der Waals surface area contributed by atoms with Crippen LogP contribution in [0.15, 0.2) is 53.8 Å². The third kappa shape index (κ3) is 3.28. The second kappa shape index (κ2) is 6.80. The van der Waals surface area contributed by atoms with Crippen molar-refractivity contribution in [1.82, 2.24) is 9.99 Å². The fourth-order valence-corrected chi connectivity index (χ4v) is 2.65. The Morgan fingerprint density at radius 1 is 1.25 bits per heavy atom. The van der Waals surface area contributed by atoms with Gasteiger partial charge >= 0.3 is 0 Å². The van der Waals surface area contributed by atoms with Gasteiger partial charge in [0.1, 0.15) is 0 Å². The molecule has 1 N–H and O–H groups in total. The maximum Gasteiger partial charge on any atom is 0.261 e. The second-order valence-electron chi connectivity index (χ2n) is 5.39. The number of rotatable bonds is 4. The standard InChI is InChI=1S/C17H15ClN4O2/c1-11-14(16(23)20-13-8-5-9-19-15(13)18)17(24)22(21-11)10-12-6-3-2-4-7-12/h2-9,14H,10H2,1H3,(H,20,23)/t14-/m1/s1. The van der Waals surface area contributed by atoms with E-state index in [9.17, 15) is 9.59 Å². The summed E-state index contributed by atoms with van der Waals surface area (Å²) in [4.78, 5) is 28.9. The number of pyridine rings is 1. The van der Waals surface area contributed by atoms with Gasteiger partial charge in [-0.1, -0.05) is 41.9 Å². The number of halogens is 1. The van der Waals surface area contributed by atoms with Crippen molar-refractivity contribution in [2.24, 2.45) is 11.0 Å². The lowest BCUT2D eigenvalue weighted by atomic mass is 10.0. The molecule has 0 radical (unpaired) electrons. The van der Waals surface area contributed by atoms with E-state index in [0.29, 0.717) is 17.9 Å². The van der Waals surface area contributed by atoms with Crippen LogP contribution in [0.25, 0.3) is 0 Å². The number of benzene rings is 1. The van der Waals surface area contributed by atoms with E-state index in [-0.39, 0.29) is 11.1 Å². The van der Waals surface area contributed by atoms with Crippen LogP contribution in [0, 0.1) is 5.92 Å². The number of nitrogens with zero attached hydrogens (tertiary/aromatic N) is 3. The van der Waals surface area contributed by atoms with Crippen LogP contribution in [0.5, 0.6) is 0 Å². The van der Waals surface area contributed by atoms with Gasteiger partial charge in [0.15, 0.2) is 11.1 Å². The maximum atomic E-state index is 12.5. The van der Waals surface area contributed by atoms with Crippen LogP contribution in [0.4, 0.5) is 5.69 Å². The highest BCUT2D eigenvalue weighted by Gasteiger charge is 2.39. The molecule has 1 aliphatic rings. The summed E-state index contributed by atoms with van der Waals surface area (Å²) in [6, 6.07) is 12.8. The molecule has 1 atom stereocenters. The Morgan fingerprint density at radius 3 is 2.71 bits per heavy atom. The second-order valence-corrected chi connectivity index (χ2v) is 5.74. The van der Waals surface area contributed by atoms with Crippen LogP contribution >= 0.6 is 11.6 Å². The molecule has 0 unspecified atom stereocenters. The summed E-state index contributed by atoms with van der Waals surface area (Å²) in [6.07, 6.45) is 1.52. The maximum absolute atomic E-state index is 12.5. The minimum absolute atomic E-state index is 0.173. The van der Waals surface area contributed by atoms with Gasteiger partial charge in [0.05, 0.1) is 17.9 Å². The summed E-state index contributed by atoms with van der Waals surface area (Å²) in [6.45, 7) is 1.99. The molecule has 0 saturated carbocycles. The molecular formula is C17H15ClN4O2. The summed E-state index contributed by atoms with van der Waals surface area (Å²) in [5.74, 6) is -1.77. The molecule has 0 fully saturated rings. The van der Waals surface area contributed by atoms with Crippen molar-refractivity contribution < 1.29 is 9.59 Å². The first-order valence-corrected chi connectivity index (χ1v) is 7.76. The van der Waals surface area contributed by atoms with E-state index >= 15 is 0 Å². The van der Waals surface area contributed by atoms with Crippen molar-refractivity contribution in [3.05, 3.63) is 59.4 Å². The van der Waals surface area contributed by atoms with Gasteiger partial charge in [-0.2, -0.15) is 5.10 Å². The van der Waals surface area contributed by atoms with Gasteiger partial charge in [-0.15, -0.1) is 0 Å². The molecule has 0 saturated heterocycles. The number of amides is 2. The molecule has 2 heterocycles. The molecule has 6 nitrogen and oxygen atoms in total. The molecular weight excluding hydrogens is 328 g/mol. The first-order chi connectivity index (χ1) is 11.6. The normalized spacial score (nSPS) is 16.9. The Labute approximate surface area is 144 Å². The quantitative estimate of drug-likeness (QED) is 0.685. The van der Waals surface area contributed by atoms with Crippen molar-refractivity contribution >= 4 is 34.8 Å². The summed E-state index contributed by atoms with van der Waals surface area (Å²) >= 11 is 5.93. The molecule has 1 aromatic heterocycles. The highest BCUT2D eigenvalue weighted by atomic mass is 35.5. The van der Waals surface area contributed by atoms with Crippen LogP contribution in [0.3, 0.4) is 0 Å². The van der Waals surface area contributed by atoms with E-state index in [1.807, 2.05) is 30.3 Å². The highest BCUT2D eigenvalue weighted by Crippen LogP contribution is 2.23. The average molecular weight is 343 g/mol. The van der Waals surface area contributed by atoms with Gasteiger partial charge in [-0.3, -0.25) is 9.59 Å². The average Bonchev–Trinajstić information content (AvgIpc) is 2.84. The number of nitrogens with one attached hydrogen (secondary N) is 1. The van der Waals surface area contributed by atoms with Crippen LogP contribution in [0.1, 0.15) is 12.5 Å². The van der Waals surface area contributed by atoms with E-state index in [1.54, 1.807) is 19.1 Å². The van der Waals surface area contributed by atoms with E-state index < -0.39 is 11.8 Å². The fraction of sp³-hybridized carbons (Fsp3) is 0.176. The van der Waals surface area contributed by atoms with Gasteiger partial charge in [0.2, 0.25) is 5.91 Å². The molecule has 24 heavy (non-hydrogen) atoms. The molecule has 2 aromatic rings. The SMILES string of the molecule is CC1=NN(Cc2ccccc2)C(=O)[C@H]1C(=O)Nc1cccnc1Cl. The van der Waals surface area contributed by atoms with Crippen molar-refractivity contribution in [1.29, 1.82) is 0 Å². The van der Waals surface area contributed by atoms with E-state index in [4.69, 9.17) is 11.6 Å². The summed E-state index contributed by atoms with van der Waals surface area (Å²) < 4.78 is 0. The zero-order valence-electron chi connectivity index (χ0n) is 12.9. The van der Waals surface area contributed by atoms with Gasteiger partial charge in [0, 0.05) is 6.20 Å². The monoisotopic (exact) mass is 342 g/mol. The predicted molar refractivity (Wildman–Crippen MR) is 91.5 cm³/mol. The number of hydrogen-bond donors (Lipinski definition) is 1. The summed E-state index contributed by atoms with van der Waals surface area (Å²) in [7, 11) is 0. The third-order valence-electron chi connectivity index (χ3n) is 3.65. The molecule has 3 rings (SSSR count). The van der Waals surface area contributed by atoms with Crippen LogP contribution in [-0.4, -0.2) is 27.5 Å². The van der Waals surface area contributed by atoms with Crippen LogP contribution < -0.4 is 5.32 Å². The van der Waals surface area contributed by atoms with Crippen molar-refractivity contribution in [3.63, 3.8) is 0 Å². The highest BCUT2D eigenvalue weighted by molar-refractivity contribution is 6.33. The number of carbonyl (C=O) groups excluding carboxylic acids is 2. The zero-order valence-corrected chi connectivity index (χ0v) is 13.7. The molecule has 0 spiro atoms. The van der Waals surface area contributed by atoms with Gasteiger partial charge in [-0.25, -0.2) is 9.99 Å². The van der Waals surface area contributed by atoms with Crippen molar-refractivity contribution in [3.8, 4) is 0 Å². The molecule has 1 aromatic carbocycles. The summed E-state index contributed by atoms with van der Waals surface area (Å²) in [5.41, 5.74) is 1.76. The Bertz CT molecular complexity index is 807. The molecule has 0 bridgehead atoms. The topological polar surface area (TPSA) is 74.7 Å². The Kier molecular flexibility index (Phi) is 4.57. The van der Waals surface area contributed by atoms with Crippen molar-refractivity contribution in [2.45, 2.75) is 13.5 Å². The van der Waals surface area contributed by atoms with Gasteiger partial charge in [0.25, 0.3) is 5.91 Å². The van der Waals surface area contributed by atoms with Gasteiger partial charge in [-0.05, 0) is 24.6 Å². The van der Waals surface area contributed by atoms with E-state index in [2.05, 4.69) is 15.4 Å². The van der Waals surface area contributed by atoms with Crippen LogP contribution in [0.2, 0.25) is 5.15 Å². The molecule has 1 aliphatic heterocycles.